The fraction of sp³-hybridized carbons (Fsp3) is 0.824. The first kappa shape index (κ1) is 18.5. The van der Waals surface area contributed by atoms with Gasteiger partial charge < -0.3 is 14.7 Å². The summed E-state index contributed by atoms with van der Waals surface area (Å²) in [5.41, 5.74) is 0.0380. The summed E-state index contributed by atoms with van der Waals surface area (Å²) >= 11 is 0. The number of nitrogens with zero attached hydrogens (tertiary/aromatic N) is 2. The summed E-state index contributed by atoms with van der Waals surface area (Å²) in [6, 6.07) is -1.14. The molecule has 0 bridgehead atoms. The minimum absolute atomic E-state index is 0.0380. The molecule has 2 aliphatic heterocycles. The summed E-state index contributed by atoms with van der Waals surface area (Å²) in [4.78, 5) is 38.8. The maximum absolute atomic E-state index is 12.5. The van der Waals surface area contributed by atoms with E-state index in [0.717, 1.165) is 6.42 Å². The van der Waals surface area contributed by atoms with E-state index in [4.69, 9.17) is 4.74 Å². The number of fused-ring (bicyclic) bond motifs is 1. The lowest BCUT2D eigenvalue weighted by Crippen LogP contribution is -2.53. The SMILES string of the molecule is CC(=O)N1CC[C@@H]2C[C@H](C(=O)O)N(C(=O)OCCC(C)(C)C)[C@H]2C1. The summed E-state index contributed by atoms with van der Waals surface area (Å²) in [6.07, 6.45) is 1.28. The van der Waals surface area contributed by atoms with Gasteiger partial charge in [-0.1, -0.05) is 20.8 Å². The van der Waals surface area contributed by atoms with Crippen LogP contribution in [0.25, 0.3) is 0 Å². The number of hydrogen-bond acceptors (Lipinski definition) is 4. The monoisotopic (exact) mass is 340 g/mol. The van der Waals surface area contributed by atoms with Crippen molar-refractivity contribution < 1.29 is 24.2 Å². The molecule has 1 N–H and O–H groups in total. The maximum Gasteiger partial charge on any atom is 0.410 e. The number of aliphatic carboxylic acids is 1. The number of likely N-dealkylation sites (tertiary alicyclic amines) is 2. The van der Waals surface area contributed by atoms with Gasteiger partial charge in [0.15, 0.2) is 0 Å². The van der Waals surface area contributed by atoms with Crippen LogP contribution in [0.5, 0.6) is 0 Å². The number of piperidine rings is 1. The second-order valence-electron chi connectivity index (χ2n) is 8.00. The van der Waals surface area contributed by atoms with E-state index in [0.29, 0.717) is 25.9 Å². The van der Waals surface area contributed by atoms with Crippen molar-refractivity contribution in [3.63, 3.8) is 0 Å². The Hall–Kier alpha value is -1.79. The van der Waals surface area contributed by atoms with Crippen LogP contribution in [0.15, 0.2) is 0 Å². The largest absolute Gasteiger partial charge is 0.480 e. The van der Waals surface area contributed by atoms with Crippen molar-refractivity contribution in [2.75, 3.05) is 19.7 Å². The maximum atomic E-state index is 12.5. The number of amides is 2. The van der Waals surface area contributed by atoms with Crippen LogP contribution < -0.4 is 0 Å². The third-order valence-electron chi connectivity index (χ3n) is 4.96. The van der Waals surface area contributed by atoms with Crippen LogP contribution in [-0.4, -0.2) is 64.7 Å². The van der Waals surface area contributed by atoms with E-state index in [2.05, 4.69) is 20.8 Å². The lowest BCUT2D eigenvalue weighted by molar-refractivity contribution is -0.142. The van der Waals surface area contributed by atoms with Crippen LogP contribution in [0.3, 0.4) is 0 Å². The highest BCUT2D eigenvalue weighted by molar-refractivity contribution is 5.81. The molecule has 0 saturated carbocycles. The van der Waals surface area contributed by atoms with Crippen molar-refractivity contribution in [1.29, 1.82) is 0 Å². The Bertz CT molecular complexity index is 514. The molecule has 2 rings (SSSR count). The highest BCUT2D eigenvalue weighted by Gasteiger charge is 2.50. The number of carboxylic acid groups (broad SMARTS) is 1. The molecular weight excluding hydrogens is 312 g/mol. The molecule has 0 aromatic rings. The van der Waals surface area contributed by atoms with E-state index in [1.165, 1.54) is 11.8 Å². The van der Waals surface area contributed by atoms with Gasteiger partial charge in [-0.3, -0.25) is 9.69 Å². The first-order chi connectivity index (χ1) is 11.1. The van der Waals surface area contributed by atoms with E-state index in [1.54, 1.807) is 4.90 Å². The fourth-order valence-corrected chi connectivity index (χ4v) is 3.49. The van der Waals surface area contributed by atoms with Gasteiger partial charge in [-0.05, 0) is 30.6 Å². The minimum Gasteiger partial charge on any atom is -0.480 e. The molecule has 2 amide bonds. The van der Waals surface area contributed by atoms with Crippen LogP contribution in [0.1, 0.15) is 47.0 Å². The zero-order valence-electron chi connectivity index (χ0n) is 14.9. The van der Waals surface area contributed by atoms with Gasteiger partial charge in [-0.2, -0.15) is 0 Å². The van der Waals surface area contributed by atoms with E-state index >= 15 is 0 Å². The van der Waals surface area contributed by atoms with Gasteiger partial charge in [-0.15, -0.1) is 0 Å². The van der Waals surface area contributed by atoms with Crippen molar-refractivity contribution in [2.45, 2.75) is 59.0 Å². The van der Waals surface area contributed by atoms with Crippen molar-refractivity contribution in [2.24, 2.45) is 11.3 Å². The third kappa shape index (κ3) is 4.19. The Morgan fingerprint density at radius 3 is 2.46 bits per heavy atom. The van der Waals surface area contributed by atoms with E-state index in [1.807, 2.05) is 0 Å². The second-order valence-corrected chi connectivity index (χ2v) is 8.00. The molecule has 0 aromatic carbocycles. The van der Waals surface area contributed by atoms with E-state index in [-0.39, 0.29) is 29.9 Å². The zero-order valence-corrected chi connectivity index (χ0v) is 14.9. The van der Waals surface area contributed by atoms with Gasteiger partial charge in [0.05, 0.1) is 12.6 Å². The quantitative estimate of drug-likeness (QED) is 0.848. The van der Waals surface area contributed by atoms with Gasteiger partial charge in [0.1, 0.15) is 6.04 Å². The Morgan fingerprint density at radius 1 is 1.25 bits per heavy atom. The average Bonchev–Trinajstić information content (AvgIpc) is 2.84. The smallest absolute Gasteiger partial charge is 0.410 e. The van der Waals surface area contributed by atoms with Gasteiger partial charge in [0.25, 0.3) is 0 Å². The lowest BCUT2D eigenvalue weighted by Gasteiger charge is -2.38. The molecule has 2 aliphatic rings. The fourth-order valence-electron chi connectivity index (χ4n) is 3.49. The van der Waals surface area contributed by atoms with Crippen LogP contribution in [0.4, 0.5) is 4.79 Å². The zero-order chi connectivity index (χ0) is 18.1. The van der Waals surface area contributed by atoms with Crippen LogP contribution in [0.2, 0.25) is 0 Å². The summed E-state index contributed by atoms with van der Waals surface area (Å²) in [6.45, 7) is 8.93. The van der Waals surface area contributed by atoms with Crippen molar-refractivity contribution in [3.05, 3.63) is 0 Å². The predicted molar refractivity (Wildman–Crippen MR) is 87.4 cm³/mol. The number of rotatable bonds is 3. The molecule has 0 spiro atoms. The molecule has 0 unspecified atom stereocenters. The van der Waals surface area contributed by atoms with Crippen molar-refractivity contribution in [3.8, 4) is 0 Å². The van der Waals surface area contributed by atoms with Crippen molar-refractivity contribution >= 4 is 18.0 Å². The van der Waals surface area contributed by atoms with Crippen LogP contribution in [-0.2, 0) is 14.3 Å². The topological polar surface area (TPSA) is 87.2 Å². The Morgan fingerprint density at radius 2 is 1.92 bits per heavy atom. The van der Waals surface area contributed by atoms with Gasteiger partial charge >= 0.3 is 12.1 Å². The summed E-state index contributed by atoms with van der Waals surface area (Å²) in [7, 11) is 0. The number of ether oxygens (including phenoxy) is 1. The van der Waals surface area contributed by atoms with Gasteiger partial charge in [0.2, 0.25) is 5.91 Å². The van der Waals surface area contributed by atoms with Crippen LogP contribution in [0, 0.1) is 11.3 Å². The number of hydrogen-bond donors (Lipinski definition) is 1. The molecule has 0 aromatic heterocycles. The average molecular weight is 340 g/mol. The third-order valence-corrected chi connectivity index (χ3v) is 4.96. The minimum atomic E-state index is -1.01. The number of carbonyl (C=O) groups excluding carboxylic acids is 2. The molecule has 7 nitrogen and oxygen atoms in total. The highest BCUT2D eigenvalue weighted by atomic mass is 16.6. The van der Waals surface area contributed by atoms with Crippen LogP contribution >= 0.6 is 0 Å². The molecule has 2 heterocycles. The summed E-state index contributed by atoms with van der Waals surface area (Å²) in [5.74, 6) is -0.948. The Balaban J connectivity index is 2.08. The molecule has 7 heteroatoms. The van der Waals surface area contributed by atoms with E-state index in [9.17, 15) is 19.5 Å². The Kier molecular flexibility index (Phi) is 5.40. The summed E-state index contributed by atoms with van der Waals surface area (Å²) in [5, 5.41) is 9.48. The van der Waals surface area contributed by atoms with Gasteiger partial charge in [0, 0.05) is 20.0 Å². The molecule has 2 fully saturated rings. The summed E-state index contributed by atoms with van der Waals surface area (Å²) < 4.78 is 5.35. The first-order valence-corrected chi connectivity index (χ1v) is 8.53. The molecular formula is C17H28N2O5. The molecule has 0 aliphatic carbocycles. The highest BCUT2D eigenvalue weighted by Crippen LogP contribution is 2.36. The molecule has 24 heavy (non-hydrogen) atoms. The molecule has 0 radical (unpaired) electrons. The first-order valence-electron chi connectivity index (χ1n) is 8.53. The molecule has 3 atom stereocenters. The van der Waals surface area contributed by atoms with Crippen molar-refractivity contribution in [1.82, 2.24) is 9.80 Å². The predicted octanol–water partition coefficient (Wildman–Crippen LogP) is 1.96. The Labute approximate surface area is 142 Å². The van der Waals surface area contributed by atoms with Gasteiger partial charge in [-0.25, -0.2) is 9.59 Å². The lowest BCUT2D eigenvalue weighted by atomic mass is 9.91. The second kappa shape index (κ2) is 6.99. The molecule has 2 saturated heterocycles. The molecule has 136 valence electrons. The van der Waals surface area contributed by atoms with E-state index < -0.39 is 18.1 Å². The normalized spacial score (nSPS) is 26.9. The number of carboxylic acids is 1. The standard InChI is InChI=1S/C17H28N2O5/c1-11(20)18-7-5-12-9-13(15(21)22)19(14(12)10-18)16(23)24-8-6-17(2,3)4/h12-14H,5-10H2,1-4H3,(H,21,22)/t12-,13-,14+/m1/s1. The number of carbonyl (C=O) groups is 3.